The van der Waals surface area contributed by atoms with Crippen molar-refractivity contribution < 1.29 is 28.5 Å². The third-order valence-electron chi connectivity index (χ3n) is 3.24. The first kappa shape index (κ1) is 20.5. The molecule has 0 heterocycles. The second kappa shape index (κ2) is 11.1. The van der Waals surface area contributed by atoms with Crippen LogP contribution >= 0.6 is 0 Å². The molecular weight excluding hydrogens is 324 g/mol. The van der Waals surface area contributed by atoms with Crippen LogP contribution in [0, 0.1) is 0 Å². The summed E-state index contributed by atoms with van der Waals surface area (Å²) in [5, 5.41) is 0. The molecule has 1 rings (SSSR count). The lowest BCUT2D eigenvalue weighted by Crippen LogP contribution is -2.18. The van der Waals surface area contributed by atoms with Gasteiger partial charge in [-0.25, -0.2) is 9.59 Å². The van der Waals surface area contributed by atoms with Crippen LogP contribution in [0.1, 0.15) is 39.2 Å². The zero-order valence-electron chi connectivity index (χ0n) is 15.3. The lowest BCUT2D eigenvalue weighted by atomic mass is 10.1. The molecule has 0 aliphatic carbocycles. The van der Waals surface area contributed by atoms with E-state index in [1.165, 1.54) is 6.08 Å². The second-order valence-electron chi connectivity index (χ2n) is 5.11. The minimum atomic E-state index is -0.717. The molecule has 1 aromatic rings. The molecule has 6 nitrogen and oxygen atoms in total. The highest BCUT2D eigenvalue weighted by atomic mass is 16.6. The van der Waals surface area contributed by atoms with Gasteiger partial charge in [-0.15, -0.1) is 0 Å². The number of carbonyl (C=O) groups is 2. The molecule has 6 heteroatoms. The van der Waals surface area contributed by atoms with Crippen LogP contribution < -0.4 is 9.47 Å². The van der Waals surface area contributed by atoms with E-state index in [-0.39, 0.29) is 18.8 Å². The first-order valence-corrected chi connectivity index (χ1v) is 8.44. The summed E-state index contributed by atoms with van der Waals surface area (Å²) >= 11 is 0. The van der Waals surface area contributed by atoms with Crippen LogP contribution in [0.15, 0.2) is 23.8 Å². The standard InChI is InChI=1S/C19H26O6/c1-5-8-11-25-17-13-14(9-10-16(17)22-4)12-15(18(20)23-6-2)19(21)24-7-3/h9-10,12-13H,5-8,11H2,1-4H3. The van der Waals surface area contributed by atoms with Crippen molar-refractivity contribution in [2.45, 2.75) is 33.6 Å². The normalized spacial score (nSPS) is 9.92. The number of benzene rings is 1. The Morgan fingerprint density at radius 1 is 1.00 bits per heavy atom. The predicted octanol–water partition coefficient (Wildman–Crippen LogP) is 3.38. The van der Waals surface area contributed by atoms with Gasteiger partial charge in [-0.1, -0.05) is 19.4 Å². The average molecular weight is 350 g/mol. The Labute approximate surface area is 148 Å². The van der Waals surface area contributed by atoms with E-state index < -0.39 is 11.9 Å². The van der Waals surface area contributed by atoms with Gasteiger partial charge in [-0.2, -0.15) is 0 Å². The molecule has 25 heavy (non-hydrogen) atoms. The van der Waals surface area contributed by atoms with Gasteiger partial charge < -0.3 is 18.9 Å². The van der Waals surface area contributed by atoms with E-state index in [1.807, 2.05) is 0 Å². The minimum Gasteiger partial charge on any atom is -0.493 e. The summed E-state index contributed by atoms with van der Waals surface area (Å²) in [5.74, 6) is -0.297. The SMILES string of the molecule is CCCCOc1cc(C=C(C(=O)OCC)C(=O)OCC)ccc1OC. The summed E-state index contributed by atoms with van der Waals surface area (Å²) in [6, 6.07) is 5.16. The molecule has 0 saturated heterocycles. The number of carbonyl (C=O) groups excluding carboxylic acids is 2. The molecule has 0 aliphatic heterocycles. The molecule has 0 saturated carbocycles. The first-order valence-electron chi connectivity index (χ1n) is 8.44. The van der Waals surface area contributed by atoms with Gasteiger partial charge >= 0.3 is 11.9 Å². The maximum Gasteiger partial charge on any atom is 0.345 e. The van der Waals surface area contributed by atoms with Crippen LogP contribution in [0.3, 0.4) is 0 Å². The molecule has 0 aromatic heterocycles. The number of rotatable bonds is 10. The fourth-order valence-electron chi connectivity index (χ4n) is 2.01. The molecule has 0 bridgehead atoms. The van der Waals surface area contributed by atoms with Crippen LogP contribution in [0.5, 0.6) is 11.5 Å². The lowest BCUT2D eigenvalue weighted by Gasteiger charge is -2.12. The average Bonchev–Trinajstić information content (AvgIpc) is 2.60. The third kappa shape index (κ3) is 6.49. The molecular formula is C19H26O6. The van der Waals surface area contributed by atoms with Gasteiger partial charge in [-0.3, -0.25) is 0 Å². The van der Waals surface area contributed by atoms with E-state index in [1.54, 1.807) is 39.2 Å². The summed E-state index contributed by atoms with van der Waals surface area (Å²) in [6.07, 6.45) is 3.36. The minimum absolute atomic E-state index is 0.159. The summed E-state index contributed by atoms with van der Waals surface area (Å²) in [6.45, 7) is 6.32. The van der Waals surface area contributed by atoms with Crippen LogP contribution in [0.4, 0.5) is 0 Å². The van der Waals surface area contributed by atoms with Crippen molar-refractivity contribution in [3.63, 3.8) is 0 Å². The van der Waals surface area contributed by atoms with Gasteiger partial charge in [0.2, 0.25) is 0 Å². The Morgan fingerprint density at radius 2 is 1.64 bits per heavy atom. The van der Waals surface area contributed by atoms with E-state index in [0.29, 0.717) is 23.7 Å². The Hall–Kier alpha value is -2.50. The zero-order chi connectivity index (χ0) is 18.7. The number of ether oxygens (including phenoxy) is 4. The summed E-state index contributed by atoms with van der Waals surface area (Å²) in [5.41, 5.74) is 0.455. The second-order valence-corrected chi connectivity index (χ2v) is 5.11. The Kier molecular flexibility index (Phi) is 9.14. The maximum absolute atomic E-state index is 12.0. The molecule has 138 valence electrons. The van der Waals surface area contributed by atoms with Crippen molar-refractivity contribution in [1.82, 2.24) is 0 Å². The van der Waals surface area contributed by atoms with Crippen LogP contribution in [0.25, 0.3) is 6.08 Å². The number of hydrogen-bond donors (Lipinski definition) is 0. The highest BCUT2D eigenvalue weighted by molar-refractivity contribution is 6.17. The van der Waals surface area contributed by atoms with Crippen molar-refractivity contribution in [2.24, 2.45) is 0 Å². The van der Waals surface area contributed by atoms with Gasteiger partial charge in [-0.05, 0) is 44.0 Å². The number of unbranched alkanes of at least 4 members (excludes halogenated alkanes) is 1. The van der Waals surface area contributed by atoms with Crippen LogP contribution in [-0.2, 0) is 19.1 Å². The van der Waals surface area contributed by atoms with Crippen molar-refractivity contribution in [3.05, 3.63) is 29.3 Å². The number of methoxy groups -OCH3 is 1. The molecule has 1 aromatic carbocycles. The summed E-state index contributed by atoms with van der Waals surface area (Å²) in [7, 11) is 1.56. The van der Waals surface area contributed by atoms with E-state index >= 15 is 0 Å². The van der Waals surface area contributed by atoms with Crippen molar-refractivity contribution in [1.29, 1.82) is 0 Å². The summed E-state index contributed by atoms with van der Waals surface area (Å²) < 4.78 is 20.9. The Bertz CT molecular complexity index is 586. The molecule has 0 radical (unpaired) electrons. The molecule has 0 amide bonds. The van der Waals surface area contributed by atoms with Crippen molar-refractivity contribution in [2.75, 3.05) is 26.9 Å². The van der Waals surface area contributed by atoms with Gasteiger partial charge in [0.25, 0.3) is 0 Å². The van der Waals surface area contributed by atoms with E-state index in [2.05, 4.69) is 6.92 Å². The fourth-order valence-corrected chi connectivity index (χ4v) is 2.01. The van der Waals surface area contributed by atoms with E-state index in [9.17, 15) is 9.59 Å². The predicted molar refractivity (Wildman–Crippen MR) is 94.6 cm³/mol. The monoisotopic (exact) mass is 350 g/mol. The Balaban J connectivity index is 3.15. The lowest BCUT2D eigenvalue weighted by molar-refractivity contribution is -0.146. The quantitative estimate of drug-likeness (QED) is 0.212. The van der Waals surface area contributed by atoms with Gasteiger partial charge in [0.1, 0.15) is 5.57 Å². The molecule has 0 atom stereocenters. The third-order valence-corrected chi connectivity index (χ3v) is 3.24. The first-order chi connectivity index (χ1) is 12.1. The number of hydrogen-bond acceptors (Lipinski definition) is 6. The van der Waals surface area contributed by atoms with Gasteiger partial charge in [0.15, 0.2) is 11.5 Å². The van der Waals surface area contributed by atoms with E-state index in [4.69, 9.17) is 18.9 Å². The Morgan fingerprint density at radius 3 is 2.16 bits per heavy atom. The highest BCUT2D eigenvalue weighted by Crippen LogP contribution is 2.29. The molecule has 0 unspecified atom stereocenters. The maximum atomic E-state index is 12.0. The smallest absolute Gasteiger partial charge is 0.345 e. The largest absolute Gasteiger partial charge is 0.493 e. The molecule has 0 N–H and O–H groups in total. The van der Waals surface area contributed by atoms with Gasteiger partial charge in [0, 0.05) is 0 Å². The van der Waals surface area contributed by atoms with Gasteiger partial charge in [0.05, 0.1) is 26.9 Å². The molecule has 0 spiro atoms. The van der Waals surface area contributed by atoms with Crippen LogP contribution in [-0.4, -0.2) is 38.9 Å². The van der Waals surface area contributed by atoms with Crippen molar-refractivity contribution >= 4 is 18.0 Å². The molecule has 0 fully saturated rings. The van der Waals surface area contributed by atoms with Crippen LogP contribution in [0.2, 0.25) is 0 Å². The molecule has 0 aliphatic rings. The van der Waals surface area contributed by atoms with E-state index in [0.717, 1.165) is 12.8 Å². The summed E-state index contributed by atoms with van der Waals surface area (Å²) in [4.78, 5) is 24.1. The topological polar surface area (TPSA) is 71.1 Å². The number of esters is 2. The fraction of sp³-hybridized carbons (Fsp3) is 0.474. The zero-order valence-corrected chi connectivity index (χ0v) is 15.3. The highest BCUT2D eigenvalue weighted by Gasteiger charge is 2.21. The van der Waals surface area contributed by atoms with Crippen molar-refractivity contribution in [3.8, 4) is 11.5 Å².